The minimum absolute atomic E-state index is 0.0333. The molecular weight excluding hydrogens is 260 g/mol. The van der Waals surface area contributed by atoms with Crippen molar-refractivity contribution in [1.29, 1.82) is 0 Å². The van der Waals surface area contributed by atoms with Gasteiger partial charge < -0.3 is 14.8 Å². The maximum atomic E-state index is 11.8. The van der Waals surface area contributed by atoms with Crippen LogP contribution in [0.15, 0.2) is 18.3 Å². The molecule has 20 heavy (non-hydrogen) atoms. The van der Waals surface area contributed by atoms with Crippen LogP contribution < -0.4 is 5.32 Å². The molecule has 1 heterocycles. The van der Waals surface area contributed by atoms with Gasteiger partial charge in [-0.25, -0.2) is 9.78 Å². The third-order valence-corrected chi connectivity index (χ3v) is 2.11. The molecule has 0 aliphatic carbocycles. The van der Waals surface area contributed by atoms with Crippen molar-refractivity contribution >= 4 is 17.6 Å². The topological polar surface area (TPSA) is 77.5 Å². The highest BCUT2D eigenvalue weighted by atomic mass is 16.6. The Hall–Kier alpha value is -2.11. The van der Waals surface area contributed by atoms with Gasteiger partial charge in [0.15, 0.2) is 0 Å². The van der Waals surface area contributed by atoms with E-state index in [1.54, 1.807) is 33.8 Å². The van der Waals surface area contributed by atoms with Crippen molar-refractivity contribution in [3.8, 4) is 0 Å². The fraction of sp³-hybridized carbons (Fsp3) is 0.500. The van der Waals surface area contributed by atoms with Gasteiger partial charge in [0.05, 0.1) is 6.61 Å². The van der Waals surface area contributed by atoms with Crippen LogP contribution in [0.1, 0.15) is 38.2 Å². The number of rotatable bonds is 5. The van der Waals surface area contributed by atoms with Crippen molar-refractivity contribution < 1.29 is 19.1 Å². The largest absolute Gasteiger partial charge is 0.465 e. The molecule has 0 aliphatic heterocycles. The molecule has 1 aromatic heterocycles. The Morgan fingerprint density at radius 2 is 2.05 bits per heavy atom. The van der Waals surface area contributed by atoms with E-state index in [1.165, 1.54) is 12.3 Å². The fourth-order valence-corrected chi connectivity index (χ4v) is 1.37. The van der Waals surface area contributed by atoms with E-state index in [-0.39, 0.29) is 18.2 Å². The summed E-state index contributed by atoms with van der Waals surface area (Å²) >= 11 is 0. The highest BCUT2D eigenvalue weighted by Gasteiger charge is 2.19. The van der Waals surface area contributed by atoms with Gasteiger partial charge in [-0.2, -0.15) is 0 Å². The van der Waals surface area contributed by atoms with E-state index in [2.05, 4.69) is 10.3 Å². The first kappa shape index (κ1) is 15.9. The number of carbonyl (C=O) groups is 2. The zero-order valence-electron chi connectivity index (χ0n) is 12.2. The van der Waals surface area contributed by atoms with E-state index in [1.807, 2.05) is 0 Å². The SMILES string of the molecule is CCOC(=O)CNc1ccnc(C(=O)OC(C)(C)C)c1. The van der Waals surface area contributed by atoms with E-state index < -0.39 is 11.6 Å². The summed E-state index contributed by atoms with van der Waals surface area (Å²) in [6.07, 6.45) is 1.48. The molecule has 0 aromatic carbocycles. The highest BCUT2D eigenvalue weighted by molar-refractivity contribution is 5.88. The van der Waals surface area contributed by atoms with Gasteiger partial charge in [0.2, 0.25) is 0 Å². The van der Waals surface area contributed by atoms with Crippen molar-refractivity contribution in [2.45, 2.75) is 33.3 Å². The van der Waals surface area contributed by atoms with E-state index in [4.69, 9.17) is 9.47 Å². The Bertz CT molecular complexity index is 480. The Morgan fingerprint density at radius 1 is 1.35 bits per heavy atom. The molecule has 6 heteroatoms. The van der Waals surface area contributed by atoms with Gasteiger partial charge in [-0.15, -0.1) is 0 Å². The van der Waals surface area contributed by atoms with Gasteiger partial charge in [-0.1, -0.05) is 0 Å². The molecule has 0 atom stereocenters. The van der Waals surface area contributed by atoms with Gasteiger partial charge in [0.25, 0.3) is 0 Å². The highest BCUT2D eigenvalue weighted by Crippen LogP contribution is 2.13. The number of nitrogens with zero attached hydrogens (tertiary/aromatic N) is 1. The molecule has 6 nitrogen and oxygen atoms in total. The number of hydrogen-bond donors (Lipinski definition) is 1. The first-order valence-electron chi connectivity index (χ1n) is 6.40. The standard InChI is InChI=1S/C14H20N2O4/c1-5-19-12(17)9-16-10-6-7-15-11(8-10)13(18)20-14(2,3)4/h6-8H,5,9H2,1-4H3,(H,15,16). The molecule has 0 amide bonds. The fourth-order valence-electron chi connectivity index (χ4n) is 1.37. The summed E-state index contributed by atoms with van der Waals surface area (Å²) in [7, 11) is 0. The lowest BCUT2D eigenvalue weighted by Crippen LogP contribution is -2.24. The second-order valence-electron chi connectivity index (χ2n) is 5.09. The monoisotopic (exact) mass is 280 g/mol. The molecule has 0 fully saturated rings. The van der Waals surface area contributed by atoms with Crippen molar-refractivity contribution in [1.82, 2.24) is 4.98 Å². The minimum atomic E-state index is -0.576. The van der Waals surface area contributed by atoms with Crippen LogP contribution in [0.3, 0.4) is 0 Å². The first-order valence-corrected chi connectivity index (χ1v) is 6.40. The van der Waals surface area contributed by atoms with Gasteiger partial charge in [0, 0.05) is 11.9 Å². The zero-order valence-corrected chi connectivity index (χ0v) is 12.2. The number of ether oxygens (including phenoxy) is 2. The predicted octanol–water partition coefficient (Wildman–Crippen LogP) is 2.01. The quantitative estimate of drug-likeness (QED) is 0.831. The maximum absolute atomic E-state index is 11.8. The summed E-state index contributed by atoms with van der Waals surface area (Å²) in [6, 6.07) is 3.19. The number of pyridine rings is 1. The molecule has 0 bridgehead atoms. The Morgan fingerprint density at radius 3 is 2.65 bits per heavy atom. The average molecular weight is 280 g/mol. The number of anilines is 1. The van der Waals surface area contributed by atoms with Crippen molar-refractivity contribution in [2.75, 3.05) is 18.5 Å². The Balaban J connectivity index is 2.66. The van der Waals surface area contributed by atoms with Crippen molar-refractivity contribution in [2.24, 2.45) is 0 Å². The van der Waals surface area contributed by atoms with E-state index in [9.17, 15) is 9.59 Å². The van der Waals surface area contributed by atoms with Crippen LogP contribution in [-0.4, -0.2) is 35.7 Å². The average Bonchev–Trinajstić information content (AvgIpc) is 2.35. The lowest BCUT2D eigenvalue weighted by molar-refractivity contribution is -0.140. The van der Waals surface area contributed by atoms with Crippen LogP contribution in [0.25, 0.3) is 0 Å². The maximum Gasteiger partial charge on any atom is 0.357 e. The zero-order chi connectivity index (χ0) is 15.2. The normalized spacial score (nSPS) is 10.8. The summed E-state index contributed by atoms with van der Waals surface area (Å²) < 4.78 is 10.0. The van der Waals surface area contributed by atoms with Gasteiger partial charge in [-0.3, -0.25) is 4.79 Å². The van der Waals surface area contributed by atoms with Crippen LogP contribution >= 0.6 is 0 Å². The molecular formula is C14H20N2O4. The Labute approximate surface area is 118 Å². The number of carbonyl (C=O) groups excluding carboxylic acids is 2. The van der Waals surface area contributed by atoms with Crippen LogP contribution in [-0.2, 0) is 14.3 Å². The second kappa shape index (κ2) is 6.88. The number of esters is 2. The van der Waals surface area contributed by atoms with Gasteiger partial charge in [-0.05, 0) is 39.8 Å². The summed E-state index contributed by atoms with van der Waals surface area (Å²) in [4.78, 5) is 27.0. The Kier molecular flexibility index (Phi) is 5.49. The molecule has 1 aromatic rings. The van der Waals surface area contributed by atoms with Crippen LogP contribution in [0.2, 0.25) is 0 Å². The molecule has 0 saturated heterocycles. The number of aromatic nitrogens is 1. The molecule has 0 saturated carbocycles. The lowest BCUT2D eigenvalue weighted by Gasteiger charge is -2.19. The van der Waals surface area contributed by atoms with Crippen LogP contribution in [0.4, 0.5) is 5.69 Å². The van der Waals surface area contributed by atoms with Crippen LogP contribution in [0.5, 0.6) is 0 Å². The second-order valence-corrected chi connectivity index (χ2v) is 5.09. The van der Waals surface area contributed by atoms with Crippen LogP contribution in [0, 0.1) is 0 Å². The third-order valence-electron chi connectivity index (χ3n) is 2.11. The van der Waals surface area contributed by atoms with Crippen molar-refractivity contribution in [3.63, 3.8) is 0 Å². The number of nitrogens with one attached hydrogen (secondary N) is 1. The molecule has 110 valence electrons. The molecule has 0 spiro atoms. The smallest absolute Gasteiger partial charge is 0.357 e. The molecule has 0 unspecified atom stereocenters. The molecule has 1 rings (SSSR count). The lowest BCUT2D eigenvalue weighted by atomic mass is 10.2. The first-order chi connectivity index (χ1) is 9.31. The molecule has 0 aliphatic rings. The third kappa shape index (κ3) is 5.69. The summed E-state index contributed by atoms with van der Waals surface area (Å²) in [6.45, 7) is 7.46. The van der Waals surface area contributed by atoms with Gasteiger partial charge >= 0.3 is 11.9 Å². The number of hydrogen-bond acceptors (Lipinski definition) is 6. The minimum Gasteiger partial charge on any atom is -0.465 e. The van der Waals surface area contributed by atoms with E-state index in [0.29, 0.717) is 12.3 Å². The van der Waals surface area contributed by atoms with E-state index in [0.717, 1.165) is 0 Å². The van der Waals surface area contributed by atoms with Gasteiger partial charge in [0.1, 0.15) is 17.8 Å². The summed E-state index contributed by atoms with van der Waals surface area (Å²) in [5.74, 6) is -0.861. The summed E-state index contributed by atoms with van der Waals surface area (Å²) in [5, 5.41) is 2.87. The summed E-state index contributed by atoms with van der Waals surface area (Å²) in [5.41, 5.74) is 0.218. The predicted molar refractivity (Wildman–Crippen MR) is 74.5 cm³/mol. The van der Waals surface area contributed by atoms with Crippen molar-refractivity contribution in [3.05, 3.63) is 24.0 Å². The van der Waals surface area contributed by atoms with E-state index >= 15 is 0 Å². The molecule has 1 N–H and O–H groups in total. The molecule has 0 radical (unpaired) electrons.